The Morgan fingerprint density at radius 2 is 2.30 bits per heavy atom. The van der Waals surface area contributed by atoms with Crippen LogP contribution < -0.4 is 15.5 Å². The van der Waals surface area contributed by atoms with Gasteiger partial charge in [-0.3, -0.25) is 4.99 Å². The Morgan fingerprint density at radius 1 is 1.37 bits per heavy atom. The minimum Gasteiger partial charge on any atom is -0.469 e. The number of methoxy groups -OCH3 is 1. The van der Waals surface area contributed by atoms with Crippen molar-refractivity contribution in [1.29, 1.82) is 0 Å². The Bertz CT molecular complexity index is 666. The van der Waals surface area contributed by atoms with Crippen LogP contribution in [0.25, 0.3) is 0 Å². The third kappa shape index (κ3) is 7.02. The van der Waals surface area contributed by atoms with Gasteiger partial charge in [-0.05, 0) is 30.7 Å². The molecule has 2 aromatic heterocycles. The summed E-state index contributed by atoms with van der Waals surface area (Å²) in [6.45, 7) is 3.91. The average molecular weight is 485 g/mol. The molecule has 1 fully saturated rings. The summed E-state index contributed by atoms with van der Waals surface area (Å²) in [5.41, 5.74) is 0. The summed E-state index contributed by atoms with van der Waals surface area (Å²) in [5.74, 6) is 2.82. The van der Waals surface area contributed by atoms with Crippen molar-refractivity contribution >= 4 is 35.8 Å². The summed E-state index contributed by atoms with van der Waals surface area (Å²) < 4.78 is 10.5. The molecule has 0 bridgehead atoms. The molecular formula is C19H28IN5O2. The smallest absolute Gasteiger partial charge is 0.191 e. The van der Waals surface area contributed by atoms with Crippen LogP contribution >= 0.6 is 24.0 Å². The molecule has 0 spiro atoms. The zero-order chi connectivity index (χ0) is 18.0. The molecule has 0 radical (unpaired) electrons. The average Bonchev–Trinajstić information content (AvgIpc) is 3.34. The molecular weight excluding hydrogens is 457 g/mol. The molecule has 1 atom stereocenters. The third-order valence-electron chi connectivity index (χ3n) is 4.31. The predicted molar refractivity (Wildman–Crippen MR) is 118 cm³/mol. The Labute approximate surface area is 177 Å². The summed E-state index contributed by atoms with van der Waals surface area (Å²) in [7, 11) is 1.69. The van der Waals surface area contributed by atoms with E-state index in [-0.39, 0.29) is 24.0 Å². The molecule has 1 aliphatic heterocycles. The number of guanidine groups is 1. The Kier molecular flexibility index (Phi) is 9.40. The summed E-state index contributed by atoms with van der Waals surface area (Å²) >= 11 is 0. The number of halogens is 1. The highest BCUT2D eigenvalue weighted by Crippen LogP contribution is 2.17. The number of nitrogens with one attached hydrogen (secondary N) is 2. The van der Waals surface area contributed by atoms with Crippen molar-refractivity contribution < 1.29 is 9.15 Å². The van der Waals surface area contributed by atoms with E-state index in [0.29, 0.717) is 19.2 Å². The summed E-state index contributed by atoms with van der Waals surface area (Å²) in [6, 6.07) is 10.3. The van der Waals surface area contributed by atoms with Crippen molar-refractivity contribution in [2.75, 3.05) is 44.8 Å². The van der Waals surface area contributed by atoms with Crippen LogP contribution in [0.4, 0.5) is 5.82 Å². The van der Waals surface area contributed by atoms with E-state index in [2.05, 4.69) is 31.6 Å². The van der Waals surface area contributed by atoms with E-state index in [9.17, 15) is 0 Å². The maximum atomic E-state index is 5.38. The number of furan rings is 1. The number of hydrogen-bond donors (Lipinski definition) is 2. The molecule has 3 rings (SSSR count). The van der Waals surface area contributed by atoms with E-state index in [0.717, 1.165) is 50.0 Å². The molecule has 3 heterocycles. The van der Waals surface area contributed by atoms with Gasteiger partial charge >= 0.3 is 0 Å². The Balaban J connectivity index is 0.00000261. The molecule has 27 heavy (non-hydrogen) atoms. The van der Waals surface area contributed by atoms with Gasteiger partial charge in [-0.15, -0.1) is 24.0 Å². The van der Waals surface area contributed by atoms with E-state index >= 15 is 0 Å². The number of aliphatic imine (C=N–C) groups is 1. The second-order valence-corrected chi connectivity index (χ2v) is 6.24. The van der Waals surface area contributed by atoms with Crippen LogP contribution in [0.3, 0.4) is 0 Å². The lowest BCUT2D eigenvalue weighted by Crippen LogP contribution is -2.45. The van der Waals surface area contributed by atoms with E-state index in [1.807, 2.05) is 30.5 Å². The molecule has 2 aromatic rings. The van der Waals surface area contributed by atoms with Crippen LogP contribution in [-0.4, -0.2) is 56.9 Å². The van der Waals surface area contributed by atoms with Crippen LogP contribution in [0.15, 0.2) is 52.2 Å². The summed E-state index contributed by atoms with van der Waals surface area (Å²) in [6.07, 6.45) is 5.41. The van der Waals surface area contributed by atoms with Gasteiger partial charge in [0.1, 0.15) is 11.6 Å². The lowest BCUT2D eigenvalue weighted by Gasteiger charge is -2.19. The fourth-order valence-corrected chi connectivity index (χ4v) is 2.98. The molecule has 0 amide bonds. The predicted octanol–water partition coefficient (Wildman–Crippen LogP) is 2.30. The topological polar surface area (TPSA) is 74.9 Å². The second kappa shape index (κ2) is 11.8. The minimum absolute atomic E-state index is 0. The van der Waals surface area contributed by atoms with Crippen molar-refractivity contribution in [1.82, 2.24) is 15.6 Å². The van der Waals surface area contributed by atoms with Crippen LogP contribution in [0, 0.1) is 0 Å². The second-order valence-electron chi connectivity index (χ2n) is 6.24. The largest absolute Gasteiger partial charge is 0.469 e. The standard InChI is InChI=1S/C19H27N5O2.HI/c1-25-14-11-22-19(21-10-7-17-5-4-13-26-17)23-16-8-12-24(15-16)18-6-2-3-9-20-18;/h2-6,9,13,16H,7-8,10-12,14-15H2,1H3,(H2,21,22,23);1H. The minimum atomic E-state index is 0. The van der Waals surface area contributed by atoms with Gasteiger partial charge in [0, 0.05) is 45.4 Å². The first-order chi connectivity index (χ1) is 12.8. The molecule has 0 aliphatic carbocycles. The first-order valence-corrected chi connectivity index (χ1v) is 9.07. The van der Waals surface area contributed by atoms with Gasteiger partial charge in [0.25, 0.3) is 0 Å². The normalized spacial score (nSPS) is 16.9. The molecule has 2 N–H and O–H groups in total. The quantitative estimate of drug-likeness (QED) is 0.259. The van der Waals surface area contributed by atoms with Gasteiger partial charge in [0.2, 0.25) is 0 Å². The van der Waals surface area contributed by atoms with E-state index in [1.165, 1.54) is 0 Å². The van der Waals surface area contributed by atoms with Crippen molar-refractivity contribution in [3.8, 4) is 0 Å². The van der Waals surface area contributed by atoms with Gasteiger partial charge in [0.15, 0.2) is 5.96 Å². The summed E-state index contributed by atoms with van der Waals surface area (Å²) in [4.78, 5) is 11.3. The SMILES string of the molecule is COCCN=C(NCCc1ccco1)NC1CCN(c2ccccn2)C1.I. The molecule has 0 saturated carbocycles. The fourth-order valence-electron chi connectivity index (χ4n) is 2.98. The summed E-state index contributed by atoms with van der Waals surface area (Å²) in [5, 5.41) is 6.93. The number of aromatic nitrogens is 1. The van der Waals surface area contributed by atoms with Crippen molar-refractivity contribution in [3.05, 3.63) is 48.6 Å². The van der Waals surface area contributed by atoms with Crippen LogP contribution in [-0.2, 0) is 11.2 Å². The maximum Gasteiger partial charge on any atom is 0.191 e. The highest BCUT2D eigenvalue weighted by molar-refractivity contribution is 14.0. The molecule has 1 aliphatic rings. The fraction of sp³-hybridized carbons (Fsp3) is 0.474. The number of pyridine rings is 1. The molecule has 1 saturated heterocycles. The first kappa shape index (κ1) is 21.5. The van der Waals surface area contributed by atoms with Gasteiger partial charge in [0.05, 0.1) is 19.4 Å². The number of anilines is 1. The van der Waals surface area contributed by atoms with Gasteiger partial charge in [-0.25, -0.2) is 4.98 Å². The van der Waals surface area contributed by atoms with Gasteiger partial charge < -0.3 is 24.7 Å². The van der Waals surface area contributed by atoms with Crippen molar-refractivity contribution in [2.24, 2.45) is 4.99 Å². The molecule has 8 heteroatoms. The number of rotatable bonds is 8. The van der Waals surface area contributed by atoms with E-state index < -0.39 is 0 Å². The van der Waals surface area contributed by atoms with Crippen LogP contribution in [0.2, 0.25) is 0 Å². The van der Waals surface area contributed by atoms with Crippen molar-refractivity contribution in [3.63, 3.8) is 0 Å². The van der Waals surface area contributed by atoms with Gasteiger partial charge in [-0.2, -0.15) is 0 Å². The Morgan fingerprint density at radius 3 is 3.04 bits per heavy atom. The number of hydrogen-bond acceptors (Lipinski definition) is 5. The third-order valence-corrected chi connectivity index (χ3v) is 4.31. The van der Waals surface area contributed by atoms with E-state index in [4.69, 9.17) is 9.15 Å². The lowest BCUT2D eigenvalue weighted by molar-refractivity contribution is 0.208. The first-order valence-electron chi connectivity index (χ1n) is 9.07. The lowest BCUT2D eigenvalue weighted by atomic mass is 10.3. The number of nitrogens with zero attached hydrogens (tertiary/aromatic N) is 3. The highest BCUT2D eigenvalue weighted by atomic mass is 127. The van der Waals surface area contributed by atoms with Crippen LogP contribution in [0.5, 0.6) is 0 Å². The Hall–Kier alpha value is -1.81. The molecule has 0 aromatic carbocycles. The highest BCUT2D eigenvalue weighted by Gasteiger charge is 2.24. The molecule has 7 nitrogen and oxygen atoms in total. The zero-order valence-electron chi connectivity index (χ0n) is 15.6. The van der Waals surface area contributed by atoms with Crippen molar-refractivity contribution in [2.45, 2.75) is 18.9 Å². The molecule has 148 valence electrons. The molecule has 1 unspecified atom stereocenters. The monoisotopic (exact) mass is 485 g/mol. The number of ether oxygens (including phenoxy) is 1. The van der Waals surface area contributed by atoms with Crippen LogP contribution in [0.1, 0.15) is 12.2 Å². The van der Waals surface area contributed by atoms with E-state index in [1.54, 1.807) is 13.4 Å². The zero-order valence-corrected chi connectivity index (χ0v) is 18.0. The maximum absolute atomic E-state index is 5.38. The van der Waals surface area contributed by atoms with Gasteiger partial charge in [-0.1, -0.05) is 6.07 Å².